The van der Waals surface area contributed by atoms with Crippen molar-refractivity contribution in [2.45, 2.75) is 271 Å². The zero-order valence-corrected chi connectivity index (χ0v) is 41.6. The molecular weight excluding hydrogens is 781 g/mol. The number of esters is 3. The van der Waals surface area contributed by atoms with E-state index < -0.39 is 6.10 Å². The number of allylic oxidation sites excluding steroid dienone is 10. The molecule has 6 heteroatoms. The van der Waals surface area contributed by atoms with Crippen molar-refractivity contribution in [3.63, 3.8) is 0 Å². The van der Waals surface area contributed by atoms with Gasteiger partial charge in [-0.3, -0.25) is 14.4 Å². The SMILES string of the molecule is CC/C=C/C=C/C=C/C=C/CCCCCC(=O)OCC(COC(=O)CCCCCCC/C=C/CCCCCCCCCCC)OC(=O)CCCCCCCCCCCCCCCC. The van der Waals surface area contributed by atoms with Gasteiger partial charge >= 0.3 is 17.9 Å². The van der Waals surface area contributed by atoms with Crippen molar-refractivity contribution in [1.29, 1.82) is 0 Å². The molecular formula is C57H100O6. The van der Waals surface area contributed by atoms with Crippen molar-refractivity contribution >= 4 is 17.9 Å². The average Bonchev–Trinajstić information content (AvgIpc) is 3.28. The molecule has 0 bridgehead atoms. The zero-order chi connectivity index (χ0) is 45.8. The maximum atomic E-state index is 12.8. The summed E-state index contributed by atoms with van der Waals surface area (Å²) in [6, 6.07) is 0. The molecule has 0 aliphatic rings. The summed E-state index contributed by atoms with van der Waals surface area (Å²) in [5, 5.41) is 0. The fourth-order valence-electron chi connectivity index (χ4n) is 7.57. The summed E-state index contributed by atoms with van der Waals surface area (Å²) in [7, 11) is 0. The highest BCUT2D eigenvalue weighted by Gasteiger charge is 2.19. The Kier molecular flexibility index (Phi) is 49.4. The van der Waals surface area contributed by atoms with Crippen LogP contribution in [0.25, 0.3) is 0 Å². The van der Waals surface area contributed by atoms with Gasteiger partial charge in [-0.1, -0.05) is 242 Å². The van der Waals surface area contributed by atoms with Crippen LogP contribution in [0.5, 0.6) is 0 Å². The normalized spacial score (nSPS) is 12.5. The topological polar surface area (TPSA) is 78.9 Å². The molecule has 0 spiro atoms. The first-order chi connectivity index (χ1) is 31.0. The van der Waals surface area contributed by atoms with Gasteiger partial charge in [0.2, 0.25) is 0 Å². The first-order valence-corrected chi connectivity index (χ1v) is 26.8. The Morgan fingerprint density at radius 1 is 0.333 bits per heavy atom. The van der Waals surface area contributed by atoms with Crippen LogP contribution >= 0.6 is 0 Å². The van der Waals surface area contributed by atoms with E-state index in [1.165, 1.54) is 148 Å². The molecule has 0 aliphatic heterocycles. The van der Waals surface area contributed by atoms with Crippen LogP contribution in [0.4, 0.5) is 0 Å². The van der Waals surface area contributed by atoms with Crippen molar-refractivity contribution in [2.24, 2.45) is 0 Å². The molecule has 0 saturated heterocycles. The first kappa shape index (κ1) is 60.1. The third-order valence-corrected chi connectivity index (χ3v) is 11.6. The van der Waals surface area contributed by atoms with Gasteiger partial charge in [-0.25, -0.2) is 0 Å². The second-order valence-corrected chi connectivity index (χ2v) is 17.9. The lowest BCUT2D eigenvalue weighted by atomic mass is 10.0. The lowest BCUT2D eigenvalue weighted by molar-refractivity contribution is -0.167. The molecule has 0 rings (SSSR count). The summed E-state index contributed by atoms with van der Waals surface area (Å²) >= 11 is 0. The van der Waals surface area contributed by atoms with Crippen LogP contribution in [-0.4, -0.2) is 37.2 Å². The lowest BCUT2D eigenvalue weighted by Gasteiger charge is -2.18. The molecule has 0 aliphatic carbocycles. The highest BCUT2D eigenvalue weighted by Crippen LogP contribution is 2.15. The average molecular weight is 881 g/mol. The maximum Gasteiger partial charge on any atom is 0.306 e. The number of carbonyl (C=O) groups excluding carboxylic acids is 3. The Balaban J connectivity index is 4.40. The summed E-state index contributed by atoms with van der Waals surface area (Å²) in [5.41, 5.74) is 0. The molecule has 364 valence electrons. The highest BCUT2D eigenvalue weighted by atomic mass is 16.6. The predicted molar refractivity (Wildman–Crippen MR) is 270 cm³/mol. The second kappa shape index (κ2) is 51.7. The quantitative estimate of drug-likeness (QED) is 0.0199. The minimum Gasteiger partial charge on any atom is -0.462 e. The molecule has 1 unspecified atom stereocenters. The van der Waals surface area contributed by atoms with Crippen LogP contribution in [0, 0.1) is 0 Å². The van der Waals surface area contributed by atoms with Gasteiger partial charge in [0.25, 0.3) is 0 Å². The first-order valence-electron chi connectivity index (χ1n) is 26.8. The van der Waals surface area contributed by atoms with Crippen molar-refractivity contribution in [3.05, 3.63) is 60.8 Å². The summed E-state index contributed by atoms with van der Waals surface area (Å²) in [4.78, 5) is 38.0. The molecule has 0 radical (unpaired) electrons. The van der Waals surface area contributed by atoms with E-state index >= 15 is 0 Å². The summed E-state index contributed by atoms with van der Waals surface area (Å²) in [5.74, 6) is -0.929. The van der Waals surface area contributed by atoms with E-state index in [-0.39, 0.29) is 31.1 Å². The number of rotatable bonds is 48. The van der Waals surface area contributed by atoms with Crippen LogP contribution < -0.4 is 0 Å². The van der Waals surface area contributed by atoms with Crippen LogP contribution in [0.2, 0.25) is 0 Å². The Hall–Kier alpha value is -2.89. The molecule has 0 saturated carbocycles. The molecule has 63 heavy (non-hydrogen) atoms. The van der Waals surface area contributed by atoms with Crippen LogP contribution in [0.15, 0.2) is 60.8 Å². The van der Waals surface area contributed by atoms with E-state index in [1.54, 1.807) is 0 Å². The maximum absolute atomic E-state index is 12.8. The molecule has 0 aromatic carbocycles. The smallest absolute Gasteiger partial charge is 0.306 e. The molecule has 0 N–H and O–H groups in total. The number of hydrogen-bond donors (Lipinski definition) is 0. The Labute approximate surface area is 390 Å². The van der Waals surface area contributed by atoms with Gasteiger partial charge < -0.3 is 14.2 Å². The molecule has 0 aromatic rings. The summed E-state index contributed by atoms with van der Waals surface area (Å²) in [6.07, 6.45) is 63.5. The van der Waals surface area contributed by atoms with E-state index in [1.807, 2.05) is 30.4 Å². The van der Waals surface area contributed by atoms with Gasteiger partial charge in [-0.05, 0) is 64.2 Å². The van der Waals surface area contributed by atoms with Crippen molar-refractivity contribution in [1.82, 2.24) is 0 Å². The molecule has 0 amide bonds. The second-order valence-electron chi connectivity index (χ2n) is 17.9. The summed E-state index contributed by atoms with van der Waals surface area (Å²) in [6.45, 7) is 6.47. The number of carbonyl (C=O) groups is 3. The van der Waals surface area contributed by atoms with Gasteiger partial charge in [0, 0.05) is 19.3 Å². The largest absolute Gasteiger partial charge is 0.462 e. The molecule has 0 heterocycles. The number of unbranched alkanes of at least 4 members (excludes halogenated alkanes) is 30. The molecule has 0 fully saturated rings. The van der Waals surface area contributed by atoms with Crippen molar-refractivity contribution in [2.75, 3.05) is 13.2 Å². The van der Waals surface area contributed by atoms with E-state index in [9.17, 15) is 14.4 Å². The van der Waals surface area contributed by atoms with Crippen LogP contribution in [-0.2, 0) is 28.6 Å². The van der Waals surface area contributed by atoms with Gasteiger partial charge in [0.05, 0.1) is 0 Å². The Bertz CT molecular complexity index is 1150. The number of ether oxygens (including phenoxy) is 3. The number of hydrogen-bond acceptors (Lipinski definition) is 6. The van der Waals surface area contributed by atoms with E-state index in [0.717, 1.165) is 77.0 Å². The Morgan fingerprint density at radius 2 is 0.635 bits per heavy atom. The van der Waals surface area contributed by atoms with Crippen molar-refractivity contribution < 1.29 is 28.6 Å². The van der Waals surface area contributed by atoms with Gasteiger partial charge in [-0.2, -0.15) is 0 Å². The summed E-state index contributed by atoms with van der Waals surface area (Å²) < 4.78 is 16.8. The zero-order valence-electron chi connectivity index (χ0n) is 41.6. The minimum absolute atomic E-state index is 0.0893. The fraction of sp³-hybridized carbons (Fsp3) is 0.772. The lowest BCUT2D eigenvalue weighted by Crippen LogP contribution is -2.30. The standard InChI is InChI=1S/C57H100O6/c1-4-7-10-13-16-19-22-25-27-28-29-30-33-35-38-41-44-47-50-56(59)62-53-54(52-61-55(58)49-46-43-40-37-34-31-24-21-18-15-12-9-6-3)63-57(60)51-48-45-42-39-36-32-26-23-20-17-14-11-8-5-2/h9,12,15,18,21,24,29-31,34,54H,4-8,10-11,13-14,16-17,19-20,22-23,25-28,32-33,35-53H2,1-3H3/b12-9+,18-15+,24-21+,30-29+,34-31+. The van der Waals surface area contributed by atoms with Gasteiger partial charge in [0.15, 0.2) is 6.10 Å². The molecule has 1 atom stereocenters. The van der Waals surface area contributed by atoms with Gasteiger partial charge in [-0.15, -0.1) is 0 Å². The Morgan fingerprint density at radius 3 is 1.03 bits per heavy atom. The van der Waals surface area contributed by atoms with E-state index in [0.29, 0.717) is 19.3 Å². The predicted octanol–water partition coefficient (Wildman–Crippen LogP) is 17.6. The van der Waals surface area contributed by atoms with Crippen LogP contribution in [0.1, 0.15) is 265 Å². The third-order valence-electron chi connectivity index (χ3n) is 11.6. The van der Waals surface area contributed by atoms with Crippen LogP contribution in [0.3, 0.4) is 0 Å². The molecule has 0 aromatic heterocycles. The monoisotopic (exact) mass is 881 g/mol. The highest BCUT2D eigenvalue weighted by molar-refractivity contribution is 5.71. The fourth-order valence-corrected chi connectivity index (χ4v) is 7.57. The van der Waals surface area contributed by atoms with Crippen molar-refractivity contribution in [3.8, 4) is 0 Å². The third kappa shape index (κ3) is 50.0. The molecule has 6 nitrogen and oxygen atoms in total. The minimum atomic E-state index is -0.791. The van der Waals surface area contributed by atoms with E-state index in [4.69, 9.17) is 14.2 Å². The van der Waals surface area contributed by atoms with E-state index in [2.05, 4.69) is 51.2 Å². The van der Waals surface area contributed by atoms with Gasteiger partial charge in [0.1, 0.15) is 13.2 Å².